The maximum Gasteiger partial charge on any atom is 0.337 e. The monoisotopic (exact) mass is 319 g/mol. The Labute approximate surface area is 130 Å². The summed E-state index contributed by atoms with van der Waals surface area (Å²) in [6, 6.07) is 13.0. The fourth-order valence-corrected chi connectivity index (χ4v) is 3.35. The average molecular weight is 319 g/mol. The van der Waals surface area contributed by atoms with Gasteiger partial charge in [-0.2, -0.15) is 0 Å². The van der Waals surface area contributed by atoms with Crippen LogP contribution in [-0.4, -0.2) is 28.5 Å². The number of nitrogens with zero attached hydrogens (tertiary/aromatic N) is 1. The average Bonchev–Trinajstić information content (AvgIpc) is 2.54. The molecule has 116 valence electrons. The summed E-state index contributed by atoms with van der Waals surface area (Å²) in [5.74, 6) is -0.508. The predicted molar refractivity (Wildman–Crippen MR) is 84.5 cm³/mol. The van der Waals surface area contributed by atoms with Gasteiger partial charge in [0.05, 0.1) is 23.3 Å². The molecule has 2 aromatic rings. The van der Waals surface area contributed by atoms with Gasteiger partial charge in [-0.1, -0.05) is 24.3 Å². The molecular weight excluding hydrogens is 302 g/mol. The van der Waals surface area contributed by atoms with Crippen LogP contribution in [-0.2, 0) is 14.8 Å². The van der Waals surface area contributed by atoms with Crippen LogP contribution in [0.2, 0.25) is 0 Å². The molecule has 0 aliphatic carbocycles. The van der Waals surface area contributed by atoms with Gasteiger partial charge in [-0.25, -0.2) is 13.2 Å². The maximum atomic E-state index is 12.6. The lowest BCUT2D eigenvalue weighted by Crippen LogP contribution is -2.27. The van der Waals surface area contributed by atoms with Crippen LogP contribution in [0, 0.1) is 6.92 Å². The van der Waals surface area contributed by atoms with Crippen LogP contribution in [0.4, 0.5) is 5.69 Å². The Morgan fingerprint density at radius 3 is 2.32 bits per heavy atom. The number of methoxy groups -OCH3 is 1. The summed E-state index contributed by atoms with van der Waals surface area (Å²) in [5.41, 5.74) is 1.49. The van der Waals surface area contributed by atoms with Crippen molar-refractivity contribution < 1.29 is 17.9 Å². The number of benzene rings is 2. The fraction of sp³-hybridized carbons (Fsp3) is 0.188. The van der Waals surface area contributed by atoms with Crippen LogP contribution < -0.4 is 4.31 Å². The fourth-order valence-electron chi connectivity index (χ4n) is 2.07. The Hall–Kier alpha value is -2.34. The van der Waals surface area contributed by atoms with Gasteiger partial charge in [0.2, 0.25) is 0 Å². The molecule has 2 rings (SSSR count). The minimum Gasteiger partial charge on any atom is -0.465 e. The molecule has 0 spiro atoms. The number of aryl methyl sites for hydroxylation is 1. The highest BCUT2D eigenvalue weighted by Crippen LogP contribution is 2.26. The van der Waals surface area contributed by atoms with E-state index in [4.69, 9.17) is 0 Å². The molecule has 0 saturated heterocycles. The van der Waals surface area contributed by atoms with Crippen LogP contribution in [0.15, 0.2) is 53.4 Å². The highest BCUT2D eigenvalue weighted by Gasteiger charge is 2.23. The first-order chi connectivity index (χ1) is 10.4. The Morgan fingerprint density at radius 2 is 1.73 bits per heavy atom. The van der Waals surface area contributed by atoms with E-state index in [9.17, 15) is 13.2 Å². The number of hydrogen-bond acceptors (Lipinski definition) is 4. The molecule has 0 aliphatic heterocycles. The molecule has 2 aromatic carbocycles. The number of rotatable bonds is 4. The number of anilines is 1. The van der Waals surface area contributed by atoms with Gasteiger partial charge in [0.15, 0.2) is 0 Å². The number of carbonyl (C=O) groups is 1. The summed E-state index contributed by atoms with van der Waals surface area (Å²) >= 11 is 0. The lowest BCUT2D eigenvalue weighted by Gasteiger charge is -2.22. The van der Waals surface area contributed by atoms with Crippen molar-refractivity contribution in [2.45, 2.75) is 11.8 Å². The number of carbonyl (C=O) groups excluding carboxylic acids is 1. The Bertz CT molecular complexity index is 785. The molecule has 5 nitrogen and oxygen atoms in total. The van der Waals surface area contributed by atoms with Crippen molar-refractivity contribution in [2.24, 2.45) is 0 Å². The molecule has 0 heterocycles. The molecule has 0 saturated carbocycles. The van der Waals surface area contributed by atoms with Gasteiger partial charge in [0, 0.05) is 7.05 Å². The molecule has 0 bridgehead atoms. The second-order valence-electron chi connectivity index (χ2n) is 4.78. The molecule has 0 aromatic heterocycles. The van der Waals surface area contributed by atoms with Gasteiger partial charge < -0.3 is 4.74 Å². The van der Waals surface area contributed by atoms with E-state index in [1.54, 1.807) is 37.3 Å². The van der Waals surface area contributed by atoms with Crippen molar-refractivity contribution in [2.75, 3.05) is 18.5 Å². The Kier molecular flexibility index (Phi) is 4.51. The van der Waals surface area contributed by atoms with Gasteiger partial charge in [0.1, 0.15) is 0 Å². The van der Waals surface area contributed by atoms with E-state index in [2.05, 4.69) is 4.74 Å². The van der Waals surface area contributed by atoms with Crippen molar-refractivity contribution in [1.29, 1.82) is 0 Å². The smallest absolute Gasteiger partial charge is 0.337 e. The maximum absolute atomic E-state index is 12.6. The van der Waals surface area contributed by atoms with Crippen LogP contribution in [0.25, 0.3) is 0 Å². The summed E-state index contributed by atoms with van der Waals surface area (Å²) in [4.78, 5) is 11.8. The lowest BCUT2D eigenvalue weighted by atomic mass is 10.1. The summed E-state index contributed by atoms with van der Waals surface area (Å²) in [7, 11) is -0.934. The summed E-state index contributed by atoms with van der Waals surface area (Å²) in [6.07, 6.45) is 0. The quantitative estimate of drug-likeness (QED) is 0.813. The number of hydrogen-bond donors (Lipinski definition) is 0. The van der Waals surface area contributed by atoms with Crippen molar-refractivity contribution in [3.05, 3.63) is 59.7 Å². The third-order valence-corrected chi connectivity index (χ3v) is 5.16. The van der Waals surface area contributed by atoms with E-state index in [0.717, 1.165) is 5.56 Å². The second-order valence-corrected chi connectivity index (χ2v) is 6.75. The zero-order chi connectivity index (χ0) is 16.3. The standard InChI is InChI=1S/C16H17NO4S/c1-12-9-10-13(16(18)21-3)11-15(12)17(2)22(19,20)14-7-5-4-6-8-14/h4-11H,1-3H3. The number of ether oxygens (including phenoxy) is 1. The van der Waals surface area contributed by atoms with Gasteiger partial charge >= 0.3 is 5.97 Å². The van der Waals surface area contributed by atoms with E-state index in [-0.39, 0.29) is 4.90 Å². The molecule has 0 N–H and O–H groups in total. The van der Waals surface area contributed by atoms with E-state index in [1.165, 1.54) is 36.7 Å². The van der Waals surface area contributed by atoms with E-state index in [1.807, 2.05) is 0 Å². The van der Waals surface area contributed by atoms with Crippen molar-refractivity contribution in [3.63, 3.8) is 0 Å². The van der Waals surface area contributed by atoms with Gasteiger partial charge in [-0.3, -0.25) is 4.31 Å². The molecule has 0 aliphatic rings. The van der Waals surface area contributed by atoms with Crippen molar-refractivity contribution in [1.82, 2.24) is 0 Å². The van der Waals surface area contributed by atoms with E-state index < -0.39 is 16.0 Å². The number of esters is 1. The Balaban J connectivity index is 2.49. The third-order valence-electron chi connectivity index (χ3n) is 3.37. The first kappa shape index (κ1) is 16.0. The molecule has 0 radical (unpaired) electrons. The Morgan fingerprint density at radius 1 is 1.09 bits per heavy atom. The van der Waals surface area contributed by atoms with Crippen molar-refractivity contribution >= 4 is 21.7 Å². The highest BCUT2D eigenvalue weighted by atomic mass is 32.2. The SMILES string of the molecule is COC(=O)c1ccc(C)c(N(C)S(=O)(=O)c2ccccc2)c1. The minimum absolute atomic E-state index is 0.195. The van der Waals surface area contributed by atoms with Gasteiger partial charge in [-0.05, 0) is 36.8 Å². The molecule has 0 atom stereocenters. The highest BCUT2D eigenvalue weighted by molar-refractivity contribution is 7.92. The second kappa shape index (κ2) is 6.19. The van der Waals surface area contributed by atoms with Gasteiger partial charge in [0.25, 0.3) is 10.0 Å². The zero-order valence-electron chi connectivity index (χ0n) is 12.6. The van der Waals surface area contributed by atoms with Crippen LogP contribution in [0.1, 0.15) is 15.9 Å². The molecular formula is C16H17NO4S. The normalized spacial score (nSPS) is 11.0. The zero-order valence-corrected chi connectivity index (χ0v) is 13.4. The minimum atomic E-state index is -3.68. The summed E-state index contributed by atoms with van der Waals surface area (Å²) in [6.45, 7) is 1.79. The van der Waals surface area contributed by atoms with Gasteiger partial charge in [-0.15, -0.1) is 0 Å². The lowest BCUT2D eigenvalue weighted by molar-refractivity contribution is 0.0600. The summed E-state index contributed by atoms with van der Waals surface area (Å²) < 4.78 is 31.1. The molecule has 22 heavy (non-hydrogen) atoms. The van der Waals surface area contributed by atoms with Crippen LogP contribution >= 0.6 is 0 Å². The molecule has 0 amide bonds. The van der Waals surface area contributed by atoms with E-state index in [0.29, 0.717) is 11.3 Å². The molecule has 6 heteroatoms. The summed E-state index contributed by atoms with van der Waals surface area (Å²) in [5, 5.41) is 0. The first-order valence-corrected chi connectivity index (χ1v) is 8.05. The predicted octanol–water partition coefficient (Wildman–Crippen LogP) is 2.61. The van der Waals surface area contributed by atoms with E-state index >= 15 is 0 Å². The van der Waals surface area contributed by atoms with Crippen LogP contribution in [0.5, 0.6) is 0 Å². The number of sulfonamides is 1. The molecule has 0 fully saturated rings. The third kappa shape index (κ3) is 2.96. The van der Waals surface area contributed by atoms with Crippen molar-refractivity contribution in [3.8, 4) is 0 Å². The van der Waals surface area contributed by atoms with Crippen LogP contribution in [0.3, 0.4) is 0 Å². The first-order valence-electron chi connectivity index (χ1n) is 6.61. The largest absolute Gasteiger partial charge is 0.465 e. The molecule has 0 unspecified atom stereocenters. The topological polar surface area (TPSA) is 63.7 Å².